The van der Waals surface area contributed by atoms with E-state index in [1.807, 2.05) is 6.07 Å². The molecule has 6 nitrogen and oxygen atoms in total. The minimum absolute atomic E-state index is 0.00218. The second kappa shape index (κ2) is 14.4. The van der Waals surface area contributed by atoms with E-state index >= 15 is 0 Å². The Morgan fingerprint density at radius 1 is 0.860 bits per heavy atom. The minimum atomic E-state index is -4.58. The van der Waals surface area contributed by atoms with Crippen molar-refractivity contribution < 1.29 is 27.6 Å². The van der Waals surface area contributed by atoms with Gasteiger partial charge in [-0.15, -0.1) is 11.8 Å². The number of alkyl halides is 3. The number of halogens is 5. The molecule has 4 aromatic rings. The van der Waals surface area contributed by atoms with Gasteiger partial charge >= 0.3 is 6.18 Å². The molecule has 0 unspecified atom stereocenters. The summed E-state index contributed by atoms with van der Waals surface area (Å²) >= 11 is 10.5. The summed E-state index contributed by atoms with van der Waals surface area (Å²) in [5.74, 6) is -1.74. The first-order valence-electron chi connectivity index (χ1n) is 12.5. The molecule has 220 valence electrons. The molecule has 3 amide bonds. The van der Waals surface area contributed by atoms with Gasteiger partial charge < -0.3 is 16.0 Å². The normalized spacial score (nSPS) is 11.5. The molecule has 0 aliphatic rings. The molecule has 0 aromatic heterocycles. The van der Waals surface area contributed by atoms with Gasteiger partial charge in [0.25, 0.3) is 11.8 Å². The van der Waals surface area contributed by atoms with Gasteiger partial charge in [-0.3, -0.25) is 14.4 Å². The van der Waals surface area contributed by atoms with Gasteiger partial charge in [0.2, 0.25) is 5.91 Å². The summed E-state index contributed by atoms with van der Waals surface area (Å²) in [5.41, 5.74) is 0.359. The van der Waals surface area contributed by atoms with Gasteiger partial charge in [0.1, 0.15) is 5.70 Å². The third-order valence-electron chi connectivity index (χ3n) is 5.72. The quantitative estimate of drug-likeness (QED) is 0.122. The van der Waals surface area contributed by atoms with Gasteiger partial charge in [-0.05, 0) is 72.3 Å². The average molecular weight is 689 g/mol. The molecule has 0 aliphatic carbocycles. The summed E-state index contributed by atoms with van der Waals surface area (Å²) in [6.07, 6.45) is -3.04. The van der Waals surface area contributed by atoms with Crippen LogP contribution >= 0.6 is 39.3 Å². The van der Waals surface area contributed by atoms with Crippen LogP contribution < -0.4 is 16.0 Å². The number of anilines is 2. The van der Waals surface area contributed by atoms with E-state index in [9.17, 15) is 27.6 Å². The van der Waals surface area contributed by atoms with Crippen LogP contribution in [0.5, 0.6) is 0 Å². The lowest BCUT2D eigenvalue weighted by molar-refractivity contribution is -0.137. The summed E-state index contributed by atoms with van der Waals surface area (Å²) in [5, 5.41) is 7.81. The maximum Gasteiger partial charge on any atom is 0.416 e. The number of benzene rings is 4. The summed E-state index contributed by atoms with van der Waals surface area (Å²) in [6.45, 7) is 0. The van der Waals surface area contributed by atoms with Crippen LogP contribution in [-0.2, 0) is 15.8 Å². The maximum atomic E-state index is 13.3. The van der Waals surface area contributed by atoms with Crippen molar-refractivity contribution in [2.75, 3.05) is 16.4 Å². The first-order chi connectivity index (χ1) is 20.5. The lowest BCUT2D eigenvalue weighted by Crippen LogP contribution is -2.30. The summed E-state index contributed by atoms with van der Waals surface area (Å²) in [7, 11) is 0. The fraction of sp³-hybridized carbons (Fsp3) is 0.0645. The first kappa shape index (κ1) is 31.9. The van der Waals surface area contributed by atoms with Crippen molar-refractivity contribution >= 4 is 74.5 Å². The molecule has 3 N–H and O–H groups in total. The molecule has 0 radical (unpaired) electrons. The van der Waals surface area contributed by atoms with Crippen molar-refractivity contribution in [1.29, 1.82) is 0 Å². The van der Waals surface area contributed by atoms with Crippen LogP contribution in [0.3, 0.4) is 0 Å². The molecule has 4 aromatic carbocycles. The van der Waals surface area contributed by atoms with Crippen LogP contribution in [0.25, 0.3) is 6.08 Å². The monoisotopic (exact) mass is 687 g/mol. The van der Waals surface area contributed by atoms with E-state index in [0.717, 1.165) is 34.4 Å². The average Bonchev–Trinajstić information content (AvgIpc) is 2.97. The maximum absolute atomic E-state index is 13.3. The molecule has 0 saturated heterocycles. The number of hydrogen-bond donors (Lipinski definition) is 3. The van der Waals surface area contributed by atoms with Crippen LogP contribution in [0.4, 0.5) is 24.5 Å². The van der Waals surface area contributed by atoms with E-state index < -0.39 is 29.5 Å². The van der Waals surface area contributed by atoms with Crippen molar-refractivity contribution in [3.8, 4) is 0 Å². The largest absolute Gasteiger partial charge is 0.416 e. The third kappa shape index (κ3) is 9.47. The Bertz CT molecular complexity index is 1680. The number of amides is 3. The van der Waals surface area contributed by atoms with Crippen molar-refractivity contribution in [3.63, 3.8) is 0 Å². The molecular formula is C31H22BrClF3N3O3S. The predicted molar refractivity (Wildman–Crippen MR) is 167 cm³/mol. The highest BCUT2D eigenvalue weighted by Gasteiger charge is 2.31. The zero-order valence-electron chi connectivity index (χ0n) is 22.0. The first-order valence-corrected chi connectivity index (χ1v) is 14.7. The molecule has 0 heterocycles. The van der Waals surface area contributed by atoms with Crippen molar-refractivity contribution in [2.24, 2.45) is 0 Å². The predicted octanol–water partition coefficient (Wildman–Crippen LogP) is 8.26. The molecule has 0 aliphatic heterocycles. The number of thioether (sulfide) groups is 1. The summed E-state index contributed by atoms with van der Waals surface area (Å²) in [6, 6.07) is 25.0. The Morgan fingerprint density at radius 2 is 1.60 bits per heavy atom. The Balaban J connectivity index is 1.45. The highest BCUT2D eigenvalue weighted by atomic mass is 79.9. The van der Waals surface area contributed by atoms with Gasteiger partial charge in [0.15, 0.2) is 0 Å². The molecule has 12 heteroatoms. The van der Waals surface area contributed by atoms with Crippen molar-refractivity contribution in [2.45, 2.75) is 11.1 Å². The topological polar surface area (TPSA) is 87.3 Å². The summed E-state index contributed by atoms with van der Waals surface area (Å²) < 4.78 is 39.9. The van der Waals surface area contributed by atoms with Crippen LogP contribution in [0.2, 0.25) is 5.02 Å². The molecule has 43 heavy (non-hydrogen) atoms. The molecule has 0 fully saturated rings. The molecule has 4 rings (SSSR count). The SMILES string of the molecule is O=C(CSc1cccc(NC(=O)/C(=C\c2cccc(Br)c2)NC(=O)c2ccccc2)c1)Nc1cc(C(F)(F)F)ccc1Cl. The standard InChI is InChI=1S/C31H22BrClF3N3O3S/c32-22-9-4-6-19(14-22)15-27(39-29(41)20-7-2-1-3-8-20)30(42)37-23-10-5-11-24(17-23)43-18-28(40)38-26-16-21(31(34,35)36)12-13-25(26)33/h1-17H,18H2,(H,37,42)(H,38,40)(H,39,41)/b27-15+. The van der Waals surface area contributed by atoms with Gasteiger partial charge in [0, 0.05) is 20.6 Å². The molecule has 0 spiro atoms. The number of nitrogens with one attached hydrogen (secondary N) is 3. The van der Waals surface area contributed by atoms with Crippen molar-refractivity contribution in [1.82, 2.24) is 5.32 Å². The molecular weight excluding hydrogens is 667 g/mol. The van der Waals surface area contributed by atoms with E-state index in [-0.39, 0.29) is 22.2 Å². The lowest BCUT2D eigenvalue weighted by atomic mass is 10.1. The number of carbonyl (C=O) groups is 3. The van der Waals surface area contributed by atoms with Crippen LogP contribution in [-0.4, -0.2) is 23.5 Å². The molecule has 0 saturated carbocycles. The van der Waals surface area contributed by atoms with Crippen LogP contribution in [0, 0.1) is 0 Å². The zero-order chi connectivity index (χ0) is 31.0. The lowest BCUT2D eigenvalue weighted by Gasteiger charge is -2.13. The van der Waals surface area contributed by atoms with E-state index in [1.54, 1.807) is 78.9 Å². The van der Waals surface area contributed by atoms with Gasteiger partial charge in [-0.1, -0.05) is 63.9 Å². The Kier molecular flexibility index (Phi) is 10.7. The highest BCUT2D eigenvalue weighted by molar-refractivity contribution is 9.10. The summed E-state index contributed by atoms with van der Waals surface area (Å²) in [4.78, 5) is 39.2. The smallest absolute Gasteiger partial charge is 0.324 e. The van der Waals surface area contributed by atoms with Gasteiger partial charge in [0.05, 0.1) is 22.0 Å². The second-order valence-corrected chi connectivity index (χ2v) is 11.3. The van der Waals surface area contributed by atoms with Crippen LogP contribution in [0.1, 0.15) is 21.5 Å². The fourth-order valence-electron chi connectivity index (χ4n) is 3.70. The fourth-order valence-corrected chi connectivity index (χ4v) is 5.04. The van der Waals surface area contributed by atoms with E-state index in [4.69, 9.17) is 11.6 Å². The number of rotatable bonds is 9. The van der Waals surface area contributed by atoms with E-state index in [1.165, 1.54) is 0 Å². The third-order valence-corrected chi connectivity index (χ3v) is 7.53. The number of hydrogen-bond acceptors (Lipinski definition) is 4. The number of carbonyl (C=O) groups excluding carboxylic acids is 3. The van der Waals surface area contributed by atoms with E-state index in [0.29, 0.717) is 21.7 Å². The Morgan fingerprint density at radius 3 is 2.33 bits per heavy atom. The minimum Gasteiger partial charge on any atom is -0.324 e. The second-order valence-electron chi connectivity index (χ2n) is 8.94. The zero-order valence-corrected chi connectivity index (χ0v) is 25.2. The van der Waals surface area contributed by atoms with E-state index in [2.05, 4.69) is 31.9 Å². The Hall–Kier alpha value is -4.06. The van der Waals surface area contributed by atoms with Gasteiger partial charge in [-0.25, -0.2) is 0 Å². The Labute approximate surface area is 262 Å². The van der Waals surface area contributed by atoms with Crippen LogP contribution in [0.15, 0.2) is 112 Å². The van der Waals surface area contributed by atoms with Gasteiger partial charge in [-0.2, -0.15) is 13.2 Å². The molecule has 0 bridgehead atoms. The molecule has 0 atom stereocenters. The highest BCUT2D eigenvalue weighted by Crippen LogP contribution is 2.34. The van der Waals surface area contributed by atoms with Crippen molar-refractivity contribution in [3.05, 3.63) is 129 Å².